The second kappa shape index (κ2) is 7.05. The van der Waals surface area contributed by atoms with E-state index in [1.54, 1.807) is 12.4 Å². The van der Waals surface area contributed by atoms with Crippen LogP contribution in [0.25, 0.3) is 39.5 Å². The molecule has 9 heteroatoms. The zero-order valence-electron chi connectivity index (χ0n) is 16.2. The van der Waals surface area contributed by atoms with Crippen molar-refractivity contribution >= 4 is 5.65 Å². The van der Waals surface area contributed by atoms with Crippen molar-refractivity contribution in [1.82, 2.24) is 29.4 Å². The Kier molecular flexibility index (Phi) is 4.32. The molecule has 0 spiro atoms. The number of aryl methyl sites for hydroxylation is 1. The van der Waals surface area contributed by atoms with E-state index in [2.05, 4.69) is 20.3 Å². The standard InChI is InChI=1S/C22H15F3N6/c1-30-13-26-28-21(30)17-9-3-2-8-16(17)14-6-4-7-15(12-14)20-27-19-11-5-10-18(22(23,24)25)31(19)29-20/h2-13H,1H3. The largest absolute Gasteiger partial charge is 0.433 e. The van der Waals surface area contributed by atoms with E-state index in [1.807, 2.05) is 54.1 Å². The summed E-state index contributed by atoms with van der Waals surface area (Å²) in [6, 6.07) is 18.9. The molecule has 0 N–H and O–H groups in total. The van der Waals surface area contributed by atoms with Crippen molar-refractivity contribution in [1.29, 1.82) is 0 Å². The highest BCUT2D eigenvalue weighted by atomic mass is 19.4. The third-order valence-electron chi connectivity index (χ3n) is 4.96. The van der Waals surface area contributed by atoms with Gasteiger partial charge in [0.05, 0.1) is 0 Å². The highest BCUT2D eigenvalue weighted by molar-refractivity contribution is 5.82. The zero-order valence-corrected chi connectivity index (χ0v) is 16.2. The molecule has 3 heterocycles. The fourth-order valence-corrected chi connectivity index (χ4v) is 3.52. The van der Waals surface area contributed by atoms with Crippen LogP contribution in [0.3, 0.4) is 0 Å². The number of hydrogen-bond donors (Lipinski definition) is 0. The number of pyridine rings is 1. The smallest absolute Gasteiger partial charge is 0.317 e. The maximum absolute atomic E-state index is 13.3. The Morgan fingerprint density at radius 3 is 2.32 bits per heavy atom. The van der Waals surface area contributed by atoms with Crippen molar-refractivity contribution in [2.75, 3.05) is 0 Å². The quantitative estimate of drug-likeness (QED) is 0.418. The highest BCUT2D eigenvalue weighted by Crippen LogP contribution is 2.33. The van der Waals surface area contributed by atoms with E-state index >= 15 is 0 Å². The number of alkyl halides is 3. The minimum absolute atomic E-state index is 0.134. The van der Waals surface area contributed by atoms with E-state index < -0.39 is 11.9 Å². The SMILES string of the molecule is Cn1cnnc1-c1ccccc1-c1cccc(-c2nc3cccc(C(F)(F)F)n3n2)c1. The summed E-state index contributed by atoms with van der Waals surface area (Å²) in [6.45, 7) is 0. The molecule has 0 saturated carbocycles. The molecule has 0 atom stereocenters. The summed E-state index contributed by atoms with van der Waals surface area (Å²) in [4.78, 5) is 4.30. The summed E-state index contributed by atoms with van der Waals surface area (Å²) in [5, 5.41) is 12.3. The first-order valence-corrected chi connectivity index (χ1v) is 9.39. The zero-order chi connectivity index (χ0) is 21.6. The average molecular weight is 420 g/mol. The molecule has 2 aromatic carbocycles. The molecule has 0 unspecified atom stereocenters. The summed E-state index contributed by atoms with van der Waals surface area (Å²) < 4.78 is 42.6. The van der Waals surface area contributed by atoms with Gasteiger partial charge < -0.3 is 4.57 Å². The van der Waals surface area contributed by atoms with E-state index in [1.165, 1.54) is 12.1 Å². The van der Waals surface area contributed by atoms with Gasteiger partial charge in [0.25, 0.3) is 0 Å². The summed E-state index contributed by atoms with van der Waals surface area (Å²) in [6.07, 6.45) is -2.90. The van der Waals surface area contributed by atoms with E-state index in [4.69, 9.17) is 0 Å². The van der Waals surface area contributed by atoms with Crippen LogP contribution in [0.2, 0.25) is 0 Å². The number of aromatic nitrogens is 6. The van der Waals surface area contributed by atoms with Gasteiger partial charge in [-0.1, -0.05) is 48.5 Å². The number of halogens is 3. The Hall–Kier alpha value is -4.01. The predicted octanol–water partition coefficient (Wildman–Crippen LogP) is 4.88. The predicted molar refractivity (Wildman–Crippen MR) is 109 cm³/mol. The second-order valence-corrected chi connectivity index (χ2v) is 7.01. The van der Waals surface area contributed by atoms with Gasteiger partial charge >= 0.3 is 6.18 Å². The van der Waals surface area contributed by atoms with E-state index in [9.17, 15) is 13.2 Å². The number of nitrogens with zero attached hydrogens (tertiary/aromatic N) is 6. The molecule has 0 aliphatic carbocycles. The lowest BCUT2D eigenvalue weighted by molar-refractivity contribution is -0.142. The molecule has 31 heavy (non-hydrogen) atoms. The second-order valence-electron chi connectivity index (χ2n) is 7.01. The van der Waals surface area contributed by atoms with Gasteiger partial charge in [0.1, 0.15) is 12.0 Å². The highest BCUT2D eigenvalue weighted by Gasteiger charge is 2.34. The fraction of sp³-hybridized carbons (Fsp3) is 0.0909. The fourth-order valence-electron chi connectivity index (χ4n) is 3.52. The van der Waals surface area contributed by atoms with E-state index in [0.717, 1.165) is 27.3 Å². The lowest BCUT2D eigenvalue weighted by atomic mass is 9.97. The molecule has 3 aromatic heterocycles. The minimum Gasteiger partial charge on any atom is -0.317 e. The first-order chi connectivity index (χ1) is 14.9. The normalized spacial score (nSPS) is 11.9. The van der Waals surface area contributed by atoms with Crippen molar-refractivity contribution in [2.45, 2.75) is 6.18 Å². The third kappa shape index (κ3) is 3.33. The average Bonchev–Trinajstić information content (AvgIpc) is 3.39. The first-order valence-electron chi connectivity index (χ1n) is 9.39. The molecule has 5 rings (SSSR count). The van der Waals surface area contributed by atoms with Crippen LogP contribution in [0.5, 0.6) is 0 Å². The van der Waals surface area contributed by atoms with Crippen molar-refractivity contribution in [3.8, 4) is 33.9 Å². The first kappa shape index (κ1) is 19.0. The Labute approximate surface area is 174 Å². The number of hydrogen-bond acceptors (Lipinski definition) is 4. The molecular formula is C22H15F3N6. The van der Waals surface area contributed by atoms with Crippen LogP contribution in [0.1, 0.15) is 5.69 Å². The van der Waals surface area contributed by atoms with Crippen molar-refractivity contribution in [3.05, 3.63) is 78.8 Å². The van der Waals surface area contributed by atoms with E-state index in [-0.39, 0.29) is 11.5 Å². The summed E-state index contributed by atoms with van der Waals surface area (Å²) >= 11 is 0. The van der Waals surface area contributed by atoms with Crippen LogP contribution >= 0.6 is 0 Å². The molecule has 154 valence electrons. The lowest BCUT2D eigenvalue weighted by Gasteiger charge is -2.10. The molecule has 0 amide bonds. The Morgan fingerprint density at radius 1 is 0.839 bits per heavy atom. The monoisotopic (exact) mass is 420 g/mol. The Bertz CT molecular complexity index is 1400. The van der Waals surface area contributed by atoms with Crippen LogP contribution in [0, 0.1) is 0 Å². The van der Waals surface area contributed by atoms with Gasteiger partial charge in [-0.2, -0.15) is 13.2 Å². The van der Waals surface area contributed by atoms with Gasteiger partial charge in [-0.25, -0.2) is 9.50 Å². The van der Waals surface area contributed by atoms with Gasteiger partial charge in [0.15, 0.2) is 17.3 Å². The number of benzene rings is 2. The van der Waals surface area contributed by atoms with Gasteiger partial charge in [0.2, 0.25) is 0 Å². The Morgan fingerprint density at radius 2 is 1.58 bits per heavy atom. The number of rotatable bonds is 3. The molecule has 0 aliphatic rings. The van der Waals surface area contributed by atoms with Gasteiger partial charge in [-0.3, -0.25) is 0 Å². The summed E-state index contributed by atoms with van der Waals surface area (Å²) in [7, 11) is 1.86. The van der Waals surface area contributed by atoms with Crippen LogP contribution in [0.15, 0.2) is 73.1 Å². The van der Waals surface area contributed by atoms with Gasteiger partial charge in [-0.05, 0) is 29.3 Å². The molecule has 0 radical (unpaired) electrons. The number of fused-ring (bicyclic) bond motifs is 1. The van der Waals surface area contributed by atoms with Gasteiger partial charge in [0, 0.05) is 18.2 Å². The van der Waals surface area contributed by atoms with Crippen LogP contribution in [-0.2, 0) is 13.2 Å². The molecular weight excluding hydrogens is 405 g/mol. The third-order valence-corrected chi connectivity index (χ3v) is 4.96. The molecule has 5 aromatic rings. The molecule has 0 fully saturated rings. The maximum atomic E-state index is 13.3. The van der Waals surface area contributed by atoms with Crippen molar-refractivity contribution in [2.24, 2.45) is 7.05 Å². The van der Waals surface area contributed by atoms with Crippen molar-refractivity contribution < 1.29 is 13.2 Å². The van der Waals surface area contributed by atoms with Crippen LogP contribution in [0.4, 0.5) is 13.2 Å². The van der Waals surface area contributed by atoms with E-state index in [0.29, 0.717) is 11.4 Å². The molecule has 0 aliphatic heterocycles. The molecule has 0 saturated heterocycles. The molecule has 6 nitrogen and oxygen atoms in total. The maximum Gasteiger partial charge on any atom is 0.433 e. The Balaban J connectivity index is 1.63. The summed E-state index contributed by atoms with van der Waals surface area (Å²) in [5.41, 5.74) is 2.55. The lowest BCUT2D eigenvalue weighted by Crippen LogP contribution is -2.11. The van der Waals surface area contributed by atoms with Crippen LogP contribution in [-0.4, -0.2) is 29.4 Å². The summed E-state index contributed by atoms with van der Waals surface area (Å²) in [5.74, 6) is 0.927. The van der Waals surface area contributed by atoms with Gasteiger partial charge in [-0.15, -0.1) is 15.3 Å². The van der Waals surface area contributed by atoms with Crippen LogP contribution < -0.4 is 0 Å². The topological polar surface area (TPSA) is 60.9 Å². The molecule has 0 bridgehead atoms. The van der Waals surface area contributed by atoms with Crippen molar-refractivity contribution in [3.63, 3.8) is 0 Å². The minimum atomic E-state index is -4.53.